The molecule has 0 spiro atoms. The van der Waals surface area contributed by atoms with Crippen molar-refractivity contribution in [2.75, 3.05) is 0 Å². The van der Waals surface area contributed by atoms with Crippen LogP contribution in [0.25, 0.3) is 10.8 Å². The molecule has 0 radical (unpaired) electrons. The van der Waals surface area contributed by atoms with Crippen LogP contribution < -0.4 is 16.2 Å². The van der Waals surface area contributed by atoms with Crippen molar-refractivity contribution in [2.45, 2.75) is 26.8 Å². The first-order valence-corrected chi connectivity index (χ1v) is 8.87. The average molecular weight is 361 g/mol. The Kier molecular flexibility index (Phi) is 5.41. The largest absolute Gasteiger partial charge is 0.333 e. The van der Waals surface area contributed by atoms with E-state index in [1.54, 1.807) is 6.07 Å². The number of amides is 3. The predicted octanol–water partition coefficient (Wildman–Crippen LogP) is 4.16. The summed E-state index contributed by atoms with van der Waals surface area (Å²) in [5.41, 5.74) is 8.36. The van der Waals surface area contributed by atoms with Gasteiger partial charge in [-0.15, -0.1) is 0 Å². The summed E-state index contributed by atoms with van der Waals surface area (Å²) in [6.45, 7) is 5.74. The Hall–Kier alpha value is -3.34. The molecule has 0 bridgehead atoms. The van der Waals surface area contributed by atoms with Gasteiger partial charge in [-0.05, 0) is 48.7 Å². The lowest BCUT2D eigenvalue weighted by molar-refractivity contribution is 0.0935. The van der Waals surface area contributed by atoms with Crippen LogP contribution >= 0.6 is 0 Å². The number of aryl methyl sites for hydroxylation is 2. The van der Waals surface area contributed by atoms with E-state index in [0.717, 1.165) is 27.5 Å². The number of nitrogens with one attached hydrogen (secondary N) is 3. The SMILES string of the molecule is Cc1ccc(C(=O)NNC(=O)N[C@H](C)c2cccc3ccccc23)c(C)c1. The van der Waals surface area contributed by atoms with Crippen molar-refractivity contribution in [3.05, 3.63) is 82.9 Å². The minimum absolute atomic E-state index is 0.214. The van der Waals surface area contributed by atoms with Crippen LogP contribution in [-0.2, 0) is 0 Å². The normalized spacial score (nSPS) is 11.7. The molecule has 3 N–H and O–H groups in total. The molecule has 3 rings (SSSR count). The number of fused-ring (bicyclic) bond motifs is 1. The van der Waals surface area contributed by atoms with E-state index in [1.165, 1.54) is 0 Å². The van der Waals surface area contributed by atoms with Crippen LogP contribution in [0.3, 0.4) is 0 Å². The third-order valence-corrected chi connectivity index (χ3v) is 4.55. The molecule has 0 aliphatic rings. The molecule has 0 unspecified atom stereocenters. The molecule has 0 heterocycles. The summed E-state index contributed by atoms with van der Waals surface area (Å²) in [7, 11) is 0. The fraction of sp³-hybridized carbons (Fsp3) is 0.182. The Morgan fingerprint density at radius 1 is 0.889 bits per heavy atom. The van der Waals surface area contributed by atoms with Gasteiger partial charge in [0.2, 0.25) is 0 Å². The van der Waals surface area contributed by atoms with Crippen LogP contribution in [0.1, 0.15) is 40.0 Å². The molecule has 5 heteroatoms. The summed E-state index contributed by atoms with van der Waals surface area (Å²) in [6.07, 6.45) is 0. The van der Waals surface area contributed by atoms with Crippen LogP contribution in [0.4, 0.5) is 4.79 Å². The highest BCUT2D eigenvalue weighted by atomic mass is 16.2. The zero-order valence-electron chi connectivity index (χ0n) is 15.7. The molecule has 27 heavy (non-hydrogen) atoms. The molecule has 0 saturated heterocycles. The second kappa shape index (κ2) is 7.91. The van der Waals surface area contributed by atoms with Crippen molar-refractivity contribution in [2.24, 2.45) is 0 Å². The van der Waals surface area contributed by atoms with Gasteiger partial charge in [-0.1, -0.05) is 60.2 Å². The summed E-state index contributed by atoms with van der Waals surface area (Å²) in [4.78, 5) is 24.5. The highest BCUT2D eigenvalue weighted by molar-refractivity contribution is 5.96. The van der Waals surface area contributed by atoms with Crippen molar-refractivity contribution in [3.8, 4) is 0 Å². The number of urea groups is 1. The van der Waals surface area contributed by atoms with Crippen molar-refractivity contribution in [3.63, 3.8) is 0 Å². The van der Waals surface area contributed by atoms with E-state index in [9.17, 15) is 9.59 Å². The third kappa shape index (κ3) is 4.26. The average Bonchev–Trinajstić information content (AvgIpc) is 2.65. The maximum absolute atomic E-state index is 12.3. The summed E-state index contributed by atoms with van der Waals surface area (Å²) in [5, 5.41) is 5.06. The molecular weight excluding hydrogens is 338 g/mol. The topological polar surface area (TPSA) is 70.2 Å². The van der Waals surface area contributed by atoms with Gasteiger partial charge in [0.15, 0.2) is 0 Å². The zero-order chi connectivity index (χ0) is 19.4. The maximum Gasteiger partial charge on any atom is 0.333 e. The molecule has 1 atom stereocenters. The molecule has 138 valence electrons. The van der Waals surface area contributed by atoms with Crippen LogP contribution in [0, 0.1) is 13.8 Å². The van der Waals surface area contributed by atoms with Gasteiger partial charge in [-0.25, -0.2) is 10.2 Å². The lowest BCUT2D eigenvalue weighted by Crippen LogP contribution is -2.47. The Labute approximate surface area is 158 Å². The first-order chi connectivity index (χ1) is 13.0. The van der Waals surface area contributed by atoms with E-state index in [4.69, 9.17) is 0 Å². The fourth-order valence-corrected chi connectivity index (χ4v) is 3.19. The van der Waals surface area contributed by atoms with Crippen molar-refractivity contribution >= 4 is 22.7 Å². The number of hydrogen-bond donors (Lipinski definition) is 3. The van der Waals surface area contributed by atoms with Crippen LogP contribution in [-0.4, -0.2) is 11.9 Å². The molecule has 0 saturated carbocycles. The molecule has 0 aromatic heterocycles. The highest BCUT2D eigenvalue weighted by Gasteiger charge is 2.14. The molecule has 3 aromatic carbocycles. The summed E-state index contributed by atoms with van der Waals surface area (Å²) >= 11 is 0. The lowest BCUT2D eigenvalue weighted by atomic mass is 10.00. The van der Waals surface area contributed by atoms with E-state index in [1.807, 2.05) is 75.4 Å². The van der Waals surface area contributed by atoms with E-state index < -0.39 is 6.03 Å². The smallest absolute Gasteiger partial charge is 0.330 e. The van der Waals surface area contributed by atoms with Crippen LogP contribution in [0.2, 0.25) is 0 Å². The van der Waals surface area contributed by atoms with Crippen molar-refractivity contribution < 1.29 is 9.59 Å². The molecule has 3 aromatic rings. The Morgan fingerprint density at radius 2 is 1.63 bits per heavy atom. The summed E-state index contributed by atoms with van der Waals surface area (Å²) < 4.78 is 0. The Morgan fingerprint density at radius 3 is 2.41 bits per heavy atom. The minimum Gasteiger partial charge on any atom is -0.330 e. The quantitative estimate of drug-likeness (QED) is 0.613. The monoisotopic (exact) mass is 361 g/mol. The molecular formula is C22H23N3O2. The Bertz CT molecular complexity index is 993. The first kappa shape index (κ1) is 18.5. The van der Waals surface area contributed by atoms with Crippen molar-refractivity contribution in [1.82, 2.24) is 16.2 Å². The van der Waals surface area contributed by atoms with E-state index in [2.05, 4.69) is 16.2 Å². The third-order valence-electron chi connectivity index (χ3n) is 4.55. The molecule has 3 amide bonds. The number of rotatable bonds is 3. The van der Waals surface area contributed by atoms with Crippen LogP contribution in [0.5, 0.6) is 0 Å². The van der Waals surface area contributed by atoms with Gasteiger partial charge in [0, 0.05) is 5.56 Å². The summed E-state index contributed by atoms with van der Waals surface area (Å²) in [6, 6.07) is 18.9. The van der Waals surface area contributed by atoms with Gasteiger partial charge in [0.1, 0.15) is 0 Å². The second-order valence-corrected chi connectivity index (χ2v) is 6.66. The van der Waals surface area contributed by atoms with E-state index >= 15 is 0 Å². The zero-order valence-corrected chi connectivity index (χ0v) is 15.7. The second-order valence-electron chi connectivity index (χ2n) is 6.66. The van der Waals surface area contributed by atoms with Gasteiger partial charge in [0.25, 0.3) is 5.91 Å². The Balaban J connectivity index is 1.62. The minimum atomic E-state index is -0.464. The van der Waals surface area contributed by atoms with E-state index in [-0.39, 0.29) is 11.9 Å². The number of carbonyl (C=O) groups is 2. The standard InChI is InChI=1S/C22H23N3O2/c1-14-11-12-18(15(2)13-14)21(26)24-25-22(27)23-16(3)19-10-6-8-17-7-4-5-9-20(17)19/h4-13,16H,1-3H3,(H,24,26)(H2,23,25,27)/t16-/m1/s1. The first-order valence-electron chi connectivity index (χ1n) is 8.87. The molecule has 0 aliphatic heterocycles. The van der Waals surface area contributed by atoms with Crippen molar-refractivity contribution in [1.29, 1.82) is 0 Å². The number of hydrogen-bond acceptors (Lipinski definition) is 2. The van der Waals surface area contributed by atoms with Gasteiger partial charge in [0.05, 0.1) is 6.04 Å². The van der Waals surface area contributed by atoms with Crippen LogP contribution in [0.15, 0.2) is 60.7 Å². The molecule has 5 nitrogen and oxygen atoms in total. The lowest BCUT2D eigenvalue weighted by Gasteiger charge is -2.17. The summed E-state index contributed by atoms with van der Waals surface area (Å²) in [5.74, 6) is -0.347. The molecule has 0 fully saturated rings. The number of carbonyl (C=O) groups excluding carboxylic acids is 2. The predicted molar refractivity (Wildman–Crippen MR) is 107 cm³/mol. The maximum atomic E-state index is 12.3. The number of hydrazine groups is 1. The fourth-order valence-electron chi connectivity index (χ4n) is 3.19. The number of benzene rings is 3. The van der Waals surface area contributed by atoms with E-state index in [0.29, 0.717) is 5.56 Å². The van der Waals surface area contributed by atoms with Gasteiger partial charge >= 0.3 is 6.03 Å². The van der Waals surface area contributed by atoms with Gasteiger partial charge in [-0.2, -0.15) is 0 Å². The van der Waals surface area contributed by atoms with Gasteiger partial charge < -0.3 is 5.32 Å². The van der Waals surface area contributed by atoms with Gasteiger partial charge in [-0.3, -0.25) is 10.2 Å². The molecule has 0 aliphatic carbocycles. The highest BCUT2D eigenvalue weighted by Crippen LogP contribution is 2.23.